The summed E-state index contributed by atoms with van der Waals surface area (Å²) in [5.41, 5.74) is -0.000607. The summed E-state index contributed by atoms with van der Waals surface area (Å²) in [4.78, 5) is 31.4. The quantitative estimate of drug-likeness (QED) is 0.345. The molecule has 0 amide bonds. The Labute approximate surface area is 204 Å². The Morgan fingerprint density at radius 3 is 2.41 bits per heavy atom. The van der Waals surface area contributed by atoms with Crippen LogP contribution in [0.5, 0.6) is 0 Å². The molecule has 3 N–H and O–H groups in total. The number of esters is 1. The molecule has 0 radical (unpaired) electrons. The van der Waals surface area contributed by atoms with Gasteiger partial charge in [0, 0.05) is 6.42 Å². The zero-order valence-corrected chi connectivity index (χ0v) is 22.4. The van der Waals surface area contributed by atoms with E-state index in [9.17, 15) is 24.3 Å². The fraction of sp³-hybridized carbons (Fsp3) is 0.962. The van der Waals surface area contributed by atoms with Crippen molar-refractivity contribution < 1.29 is 33.5 Å². The van der Waals surface area contributed by atoms with Crippen LogP contribution in [0, 0.1) is 45.8 Å². The van der Waals surface area contributed by atoms with Gasteiger partial charge in [-0.2, -0.15) is 0 Å². The number of ether oxygens (including phenoxy) is 1. The number of carbonyl (C=O) groups excluding carboxylic acids is 1. The third-order valence-corrected chi connectivity index (χ3v) is 12.0. The first-order valence-electron chi connectivity index (χ1n) is 13.2. The predicted octanol–water partition coefficient (Wildman–Crippen LogP) is 5.07. The van der Waals surface area contributed by atoms with E-state index in [4.69, 9.17) is 9.26 Å². The predicted molar refractivity (Wildman–Crippen MR) is 129 cm³/mol. The highest BCUT2D eigenvalue weighted by Crippen LogP contribution is 2.74. The van der Waals surface area contributed by atoms with Gasteiger partial charge in [-0.15, -0.1) is 0 Å². The molecule has 0 saturated heterocycles. The lowest BCUT2D eigenvalue weighted by Crippen LogP contribution is -2.64. The molecular weight excluding hydrogens is 455 g/mol. The van der Waals surface area contributed by atoms with E-state index in [1.54, 1.807) is 0 Å². The molecular formula is C26H45O7P. The van der Waals surface area contributed by atoms with Gasteiger partial charge < -0.3 is 19.6 Å². The maximum atomic E-state index is 12.1. The second kappa shape index (κ2) is 9.13. The van der Waals surface area contributed by atoms with E-state index in [0.717, 1.165) is 44.9 Å². The first kappa shape index (κ1) is 26.6. The Balaban J connectivity index is 1.66. The summed E-state index contributed by atoms with van der Waals surface area (Å²) in [5.74, 6) is 1.31. The van der Waals surface area contributed by atoms with Crippen molar-refractivity contribution in [1.82, 2.24) is 0 Å². The number of phosphoric ester groups is 1. The molecule has 4 saturated carbocycles. The zero-order chi connectivity index (χ0) is 25.1. The topological polar surface area (TPSA) is 113 Å². The van der Waals surface area contributed by atoms with Crippen LogP contribution in [0.15, 0.2) is 0 Å². The van der Waals surface area contributed by atoms with Crippen molar-refractivity contribution in [3.8, 4) is 0 Å². The number of carbonyl (C=O) groups is 1. The standard InChI is InChI=1S/C26H45O7P/c1-16(6-9-22(28)32-5)19-7-8-20-23-21(33-34(29,30)31)15-17-14-18(27)10-11-25(17,3)26(23,4)13-12-24(19,20)2/h16-21,23,27H,6-15H2,1-5H3,(H2,29,30,31)/t16-,17+,18-,19-,20+,21-,23-,24-,25+,26+/m1/s1. The lowest BCUT2D eigenvalue weighted by molar-refractivity contribution is -0.221. The minimum atomic E-state index is -4.64. The Morgan fingerprint density at radius 2 is 1.76 bits per heavy atom. The molecule has 10 atom stereocenters. The summed E-state index contributed by atoms with van der Waals surface area (Å²) in [5, 5.41) is 10.4. The molecule has 34 heavy (non-hydrogen) atoms. The zero-order valence-electron chi connectivity index (χ0n) is 21.5. The van der Waals surface area contributed by atoms with Gasteiger partial charge in [0.15, 0.2) is 0 Å². The van der Waals surface area contributed by atoms with Crippen molar-refractivity contribution in [3.63, 3.8) is 0 Å². The van der Waals surface area contributed by atoms with Gasteiger partial charge in [-0.1, -0.05) is 27.7 Å². The average molecular weight is 501 g/mol. The van der Waals surface area contributed by atoms with Crippen LogP contribution in [-0.2, 0) is 18.6 Å². The number of aliphatic hydroxyl groups excluding tert-OH is 1. The van der Waals surface area contributed by atoms with Gasteiger partial charge in [0.1, 0.15) is 0 Å². The van der Waals surface area contributed by atoms with Crippen molar-refractivity contribution in [2.75, 3.05) is 7.11 Å². The van der Waals surface area contributed by atoms with E-state index >= 15 is 0 Å². The minimum absolute atomic E-state index is 0.0293. The highest BCUT2D eigenvalue weighted by Gasteiger charge is 2.68. The molecule has 0 aromatic rings. The van der Waals surface area contributed by atoms with Crippen LogP contribution in [0.3, 0.4) is 0 Å². The van der Waals surface area contributed by atoms with Crippen molar-refractivity contribution in [2.24, 2.45) is 45.8 Å². The van der Waals surface area contributed by atoms with Crippen LogP contribution in [0.1, 0.15) is 91.9 Å². The maximum Gasteiger partial charge on any atom is 0.469 e. The fourth-order valence-electron chi connectivity index (χ4n) is 9.51. The van der Waals surface area contributed by atoms with Gasteiger partial charge in [0.05, 0.1) is 19.3 Å². The third-order valence-electron chi connectivity index (χ3n) is 11.5. The van der Waals surface area contributed by atoms with Gasteiger partial charge in [0.2, 0.25) is 0 Å². The molecule has 4 fully saturated rings. The summed E-state index contributed by atoms with van der Waals surface area (Å²) < 4.78 is 22.6. The summed E-state index contributed by atoms with van der Waals surface area (Å²) in [7, 11) is -3.21. The first-order chi connectivity index (χ1) is 15.7. The molecule has 0 bridgehead atoms. The summed E-state index contributed by atoms with van der Waals surface area (Å²) >= 11 is 0. The fourth-order valence-corrected chi connectivity index (χ4v) is 10.1. The number of phosphoric acid groups is 1. The van der Waals surface area contributed by atoms with Crippen LogP contribution in [0.2, 0.25) is 0 Å². The molecule has 196 valence electrons. The van der Waals surface area contributed by atoms with Crippen LogP contribution in [0.4, 0.5) is 0 Å². The molecule has 4 rings (SSSR count). The molecule has 8 heteroatoms. The van der Waals surface area contributed by atoms with E-state index in [-0.39, 0.29) is 40.2 Å². The smallest absolute Gasteiger partial charge is 0.469 e. The summed E-state index contributed by atoms with van der Waals surface area (Å²) in [6, 6.07) is 0. The average Bonchev–Trinajstić information content (AvgIpc) is 3.09. The van der Waals surface area contributed by atoms with Crippen LogP contribution in [-0.4, -0.2) is 40.2 Å². The minimum Gasteiger partial charge on any atom is -0.469 e. The molecule has 4 aliphatic carbocycles. The molecule has 0 heterocycles. The van der Waals surface area contributed by atoms with E-state index in [2.05, 4.69) is 27.7 Å². The Hall–Kier alpha value is -0.460. The molecule has 0 spiro atoms. The number of hydrogen-bond donors (Lipinski definition) is 3. The van der Waals surface area contributed by atoms with Crippen LogP contribution >= 0.6 is 7.82 Å². The van der Waals surface area contributed by atoms with E-state index in [1.165, 1.54) is 7.11 Å². The van der Waals surface area contributed by atoms with Crippen molar-refractivity contribution >= 4 is 13.8 Å². The van der Waals surface area contributed by atoms with E-state index in [1.807, 2.05) is 0 Å². The molecule has 7 nitrogen and oxygen atoms in total. The molecule has 4 aliphatic rings. The molecule has 0 unspecified atom stereocenters. The maximum absolute atomic E-state index is 12.1. The Morgan fingerprint density at radius 1 is 1.06 bits per heavy atom. The van der Waals surface area contributed by atoms with E-state index in [0.29, 0.717) is 37.0 Å². The highest BCUT2D eigenvalue weighted by molar-refractivity contribution is 7.46. The number of fused-ring (bicyclic) bond motifs is 5. The monoisotopic (exact) mass is 500 g/mol. The Kier molecular flexibility index (Phi) is 7.14. The second-order valence-electron chi connectivity index (χ2n) is 12.7. The van der Waals surface area contributed by atoms with Crippen molar-refractivity contribution in [3.05, 3.63) is 0 Å². The number of methoxy groups -OCH3 is 1. The van der Waals surface area contributed by atoms with Gasteiger partial charge in [-0.3, -0.25) is 9.32 Å². The van der Waals surface area contributed by atoms with Gasteiger partial charge >= 0.3 is 13.8 Å². The van der Waals surface area contributed by atoms with Gasteiger partial charge in [-0.05, 0) is 104 Å². The van der Waals surface area contributed by atoms with E-state index < -0.39 is 13.9 Å². The van der Waals surface area contributed by atoms with Crippen LogP contribution < -0.4 is 0 Å². The first-order valence-corrected chi connectivity index (χ1v) is 14.8. The van der Waals surface area contributed by atoms with Crippen molar-refractivity contribution in [1.29, 1.82) is 0 Å². The second-order valence-corrected chi connectivity index (χ2v) is 13.9. The van der Waals surface area contributed by atoms with Crippen LogP contribution in [0.25, 0.3) is 0 Å². The van der Waals surface area contributed by atoms with Crippen molar-refractivity contribution in [2.45, 2.75) is 104 Å². The third kappa shape index (κ3) is 4.32. The highest BCUT2D eigenvalue weighted by atomic mass is 31.2. The normalized spacial score (nSPS) is 47.3. The number of hydrogen-bond acceptors (Lipinski definition) is 5. The lowest BCUT2D eigenvalue weighted by atomic mass is 9.37. The largest absolute Gasteiger partial charge is 0.469 e. The molecule has 0 aromatic heterocycles. The molecule has 0 aliphatic heterocycles. The number of aliphatic hydroxyl groups is 1. The summed E-state index contributed by atoms with van der Waals surface area (Å²) in [6.07, 6.45) is 7.67. The lowest BCUT2D eigenvalue weighted by Gasteiger charge is -2.68. The summed E-state index contributed by atoms with van der Waals surface area (Å²) in [6.45, 7) is 9.36. The molecule has 0 aromatic carbocycles. The van der Waals surface area contributed by atoms with Gasteiger partial charge in [0.25, 0.3) is 0 Å². The Bertz CT molecular complexity index is 828. The SMILES string of the molecule is COC(=O)CC[C@@H](C)[C@H]1CC[C@H]2[C@@H]3[C@H](OP(=O)(O)O)C[C@@H]4C[C@H](O)CC[C@]4(C)[C@@]3(C)CC[C@]12C. The number of rotatable bonds is 6. The van der Waals surface area contributed by atoms with Gasteiger partial charge in [-0.25, -0.2) is 4.57 Å².